The van der Waals surface area contributed by atoms with Crippen LogP contribution in [0.2, 0.25) is 0 Å². The predicted molar refractivity (Wildman–Crippen MR) is 70.2 cm³/mol. The zero-order valence-electron chi connectivity index (χ0n) is 11.2. The summed E-state index contributed by atoms with van der Waals surface area (Å²) in [6.45, 7) is 9.94. The maximum Gasteiger partial charge on any atom is 0.270 e. The molecule has 94 valence electrons. The molecular formula is C13H21N3O. The van der Waals surface area contributed by atoms with Gasteiger partial charge in [0.25, 0.3) is 5.91 Å². The number of aromatic nitrogens is 1. The summed E-state index contributed by atoms with van der Waals surface area (Å²) in [4.78, 5) is 15.9. The average Bonchev–Trinajstić information content (AvgIpc) is 2.15. The Morgan fingerprint density at radius 2 is 1.94 bits per heavy atom. The molecule has 0 fully saturated rings. The van der Waals surface area contributed by atoms with Crippen LogP contribution in [0.5, 0.6) is 0 Å². The van der Waals surface area contributed by atoms with Crippen molar-refractivity contribution < 1.29 is 4.79 Å². The Bertz CT molecular complexity index is 377. The summed E-state index contributed by atoms with van der Waals surface area (Å²) in [5.74, 6) is -0.145. The van der Waals surface area contributed by atoms with Gasteiger partial charge in [0.1, 0.15) is 5.69 Å². The van der Waals surface area contributed by atoms with E-state index in [2.05, 4.69) is 29.5 Å². The highest BCUT2D eigenvalue weighted by Gasteiger charge is 2.15. The Morgan fingerprint density at radius 1 is 1.29 bits per heavy atom. The lowest BCUT2D eigenvalue weighted by atomic mass is 10.1. The molecule has 0 bridgehead atoms. The quantitative estimate of drug-likeness (QED) is 0.846. The molecule has 1 rings (SSSR count). The van der Waals surface area contributed by atoms with E-state index in [4.69, 9.17) is 0 Å². The standard InChI is InChI=1S/C13H21N3O/c1-9(2)15-10-6-7-11(14-8-10)12(17)16-13(3,4)5/h6-9,15H,1-5H3,(H,16,17). The number of pyridine rings is 1. The third-order valence-electron chi connectivity index (χ3n) is 1.94. The van der Waals surface area contributed by atoms with E-state index in [1.54, 1.807) is 12.3 Å². The van der Waals surface area contributed by atoms with E-state index >= 15 is 0 Å². The van der Waals surface area contributed by atoms with Gasteiger partial charge in [-0.3, -0.25) is 4.79 Å². The highest BCUT2D eigenvalue weighted by Crippen LogP contribution is 2.08. The van der Waals surface area contributed by atoms with Gasteiger partial charge in [0.15, 0.2) is 0 Å². The smallest absolute Gasteiger partial charge is 0.270 e. The number of hydrogen-bond donors (Lipinski definition) is 2. The first-order chi connectivity index (χ1) is 7.78. The van der Waals surface area contributed by atoms with Crippen LogP contribution in [0.1, 0.15) is 45.1 Å². The van der Waals surface area contributed by atoms with Crippen molar-refractivity contribution in [2.45, 2.75) is 46.2 Å². The molecule has 1 heterocycles. The molecule has 1 aromatic heterocycles. The largest absolute Gasteiger partial charge is 0.382 e. The van der Waals surface area contributed by atoms with Gasteiger partial charge in [-0.15, -0.1) is 0 Å². The summed E-state index contributed by atoms with van der Waals surface area (Å²) in [5.41, 5.74) is 1.12. The normalized spacial score (nSPS) is 11.4. The molecule has 1 aromatic rings. The van der Waals surface area contributed by atoms with Crippen LogP contribution in [0.3, 0.4) is 0 Å². The molecule has 0 saturated heterocycles. The Hall–Kier alpha value is -1.58. The summed E-state index contributed by atoms with van der Waals surface area (Å²) in [7, 11) is 0. The second kappa shape index (κ2) is 5.17. The molecule has 0 atom stereocenters. The highest BCUT2D eigenvalue weighted by atomic mass is 16.2. The van der Waals surface area contributed by atoms with Crippen molar-refractivity contribution in [3.8, 4) is 0 Å². The molecule has 2 N–H and O–H groups in total. The molecule has 1 amide bonds. The van der Waals surface area contributed by atoms with Crippen LogP contribution < -0.4 is 10.6 Å². The SMILES string of the molecule is CC(C)Nc1ccc(C(=O)NC(C)(C)C)nc1. The zero-order chi connectivity index (χ0) is 13.1. The summed E-state index contributed by atoms with van der Waals surface area (Å²) >= 11 is 0. The van der Waals surface area contributed by atoms with Gasteiger partial charge in [0.2, 0.25) is 0 Å². The average molecular weight is 235 g/mol. The van der Waals surface area contributed by atoms with Crippen LogP contribution in [0, 0.1) is 0 Å². The van der Waals surface area contributed by atoms with Crippen molar-refractivity contribution in [2.75, 3.05) is 5.32 Å². The summed E-state index contributed by atoms with van der Waals surface area (Å²) in [6.07, 6.45) is 1.68. The van der Waals surface area contributed by atoms with Crippen molar-refractivity contribution in [2.24, 2.45) is 0 Å². The topological polar surface area (TPSA) is 54.0 Å². The third kappa shape index (κ3) is 4.85. The Morgan fingerprint density at radius 3 is 2.35 bits per heavy atom. The van der Waals surface area contributed by atoms with Crippen molar-refractivity contribution in [1.82, 2.24) is 10.3 Å². The number of anilines is 1. The predicted octanol–water partition coefficient (Wildman–Crippen LogP) is 2.43. The minimum absolute atomic E-state index is 0.145. The molecule has 0 saturated carbocycles. The van der Waals surface area contributed by atoms with Gasteiger partial charge < -0.3 is 10.6 Å². The van der Waals surface area contributed by atoms with Crippen molar-refractivity contribution in [3.05, 3.63) is 24.0 Å². The van der Waals surface area contributed by atoms with Crippen LogP contribution in [0.4, 0.5) is 5.69 Å². The highest BCUT2D eigenvalue weighted by molar-refractivity contribution is 5.92. The fourth-order valence-electron chi connectivity index (χ4n) is 1.35. The van der Waals surface area contributed by atoms with Crippen molar-refractivity contribution in [1.29, 1.82) is 0 Å². The molecule has 0 aromatic carbocycles. The molecule has 0 aliphatic rings. The van der Waals surface area contributed by atoms with Crippen molar-refractivity contribution >= 4 is 11.6 Å². The number of amides is 1. The summed E-state index contributed by atoms with van der Waals surface area (Å²) in [6, 6.07) is 3.95. The second-order valence-corrected chi connectivity index (χ2v) is 5.44. The third-order valence-corrected chi connectivity index (χ3v) is 1.94. The Labute approximate surface area is 103 Å². The van der Waals surface area contributed by atoms with Gasteiger partial charge in [0, 0.05) is 11.6 Å². The van der Waals surface area contributed by atoms with E-state index in [1.165, 1.54) is 0 Å². The molecule has 0 unspecified atom stereocenters. The summed E-state index contributed by atoms with van der Waals surface area (Å²) in [5, 5.41) is 6.10. The lowest BCUT2D eigenvalue weighted by Crippen LogP contribution is -2.40. The number of nitrogens with one attached hydrogen (secondary N) is 2. The van der Waals surface area contributed by atoms with Gasteiger partial charge in [0.05, 0.1) is 11.9 Å². The molecule has 0 radical (unpaired) electrons. The summed E-state index contributed by atoms with van der Waals surface area (Å²) < 4.78 is 0. The zero-order valence-corrected chi connectivity index (χ0v) is 11.2. The van der Waals surface area contributed by atoms with Crippen LogP contribution >= 0.6 is 0 Å². The maximum atomic E-state index is 11.8. The first-order valence-corrected chi connectivity index (χ1v) is 5.83. The van der Waals surface area contributed by atoms with E-state index < -0.39 is 0 Å². The number of nitrogens with zero attached hydrogens (tertiary/aromatic N) is 1. The minimum atomic E-state index is -0.242. The van der Waals surface area contributed by atoms with Crippen molar-refractivity contribution in [3.63, 3.8) is 0 Å². The van der Waals surface area contributed by atoms with Gasteiger partial charge in [-0.1, -0.05) is 0 Å². The molecule has 0 aliphatic carbocycles. The molecular weight excluding hydrogens is 214 g/mol. The molecule has 4 nitrogen and oxygen atoms in total. The van der Waals surface area contributed by atoms with E-state index in [9.17, 15) is 4.79 Å². The molecule has 4 heteroatoms. The number of carbonyl (C=O) groups is 1. The van der Waals surface area contributed by atoms with E-state index in [-0.39, 0.29) is 11.4 Å². The van der Waals surface area contributed by atoms with Gasteiger partial charge in [-0.05, 0) is 46.8 Å². The van der Waals surface area contributed by atoms with Crippen LogP contribution in [-0.4, -0.2) is 22.5 Å². The van der Waals surface area contributed by atoms with Gasteiger partial charge >= 0.3 is 0 Å². The monoisotopic (exact) mass is 235 g/mol. The Balaban J connectivity index is 2.71. The molecule has 0 spiro atoms. The Kier molecular flexibility index (Phi) is 4.10. The fourth-order valence-corrected chi connectivity index (χ4v) is 1.35. The maximum absolute atomic E-state index is 11.8. The van der Waals surface area contributed by atoms with Gasteiger partial charge in [-0.2, -0.15) is 0 Å². The number of hydrogen-bond acceptors (Lipinski definition) is 3. The number of carbonyl (C=O) groups excluding carboxylic acids is 1. The van der Waals surface area contributed by atoms with E-state index in [0.717, 1.165) is 5.69 Å². The van der Waals surface area contributed by atoms with Crippen LogP contribution in [0.15, 0.2) is 18.3 Å². The van der Waals surface area contributed by atoms with Crippen LogP contribution in [0.25, 0.3) is 0 Å². The fraction of sp³-hybridized carbons (Fsp3) is 0.538. The lowest BCUT2D eigenvalue weighted by molar-refractivity contribution is 0.0914. The first kappa shape index (κ1) is 13.5. The number of rotatable bonds is 3. The molecule has 17 heavy (non-hydrogen) atoms. The van der Waals surface area contributed by atoms with E-state index in [0.29, 0.717) is 11.7 Å². The van der Waals surface area contributed by atoms with Crippen LogP contribution in [-0.2, 0) is 0 Å². The van der Waals surface area contributed by atoms with E-state index in [1.807, 2.05) is 26.8 Å². The van der Waals surface area contributed by atoms with Gasteiger partial charge in [-0.25, -0.2) is 4.98 Å². The minimum Gasteiger partial charge on any atom is -0.382 e. The second-order valence-electron chi connectivity index (χ2n) is 5.44. The first-order valence-electron chi connectivity index (χ1n) is 5.83. The lowest BCUT2D eigenvalue weighted by Gasteiger charge is -2.20. The molecule has 0 aliphatic heterocycles.